The lowest BCUT2D eigenvalue weighted by molar-refractivity contribution is -0.120. The van der Waals surface area contributed by atoms with E-state index in [1.54, 1.807) is 13.0 Å². The molecular formula is C13H21N3O4S. The Balaban J connectivity index is 2.65. The summed E-state index contributed by atoms with van der Waals surface area (Å²) in [5.74, 6) is -0.411. The molecule has 0 fully saturated rings. The third-order valence-electron chi connectivity index (χ3n) is 2.90. The first-order valence-corrected chi connectivity index (χ1v) is 7.94. The Bertz CT molecular complexity index is 587. The maximum Gasteiger partial charge on any atom is 0.241 e. The predicted molar refractivity (Wildman–Crippen MR) is 79.1 cm³/mol. The SMILES string of the molecule is COCCNC(=O)CNS(=O)(=O)c1ccc(CN)c(C)c1. The molecule has 0 radical (unpaired) electrons. The molecule has 21 heavy (non-hydrogen) atoms. The van der Waals surface area contributed by atoms with Crippen LogP contribution in [0.5, 0.6) is 0 Å². The van der Waals surface area contributed by atoms with Crippen molar-refractivity contribution < 1.29 is 17.9 Å². The van der Waals surface area contributed by atoms with Crippen LogP contribution in [-0.2, 0) is 26.1 Å². The molecule has 0 bridgehead atoms. The minimum Gasteiger partial charge on any atom is -0.383 e. The Morgan fingerprint density at radius 2 is 2.10 bits per heavy atom. The monoisotopic (exact) mass is 315 g/mol. The van der Waals surface area contributed by atoms with Gasteiger partial charge in [0.15, 0.2) is 0 Å². The molecule has 1 amide bonds. The maximum atomic E-state index is 12.1. The van der Waals surface area contributed by atoms with E-state index in [9.17, 15) is 13.2 Å². The van der Waals surface area contributed by atoms with Crippen molar-refractivity contribution in [3.8, 4) is 0 Å². The first-order chi connectivity index (χ1) is 9.90. The van der Waals surface area contributed by atoms with Crippen LogP contribution >= 0.6 is 0 Å². The number of rotatable bonds is 8. The molecule has 0 aromatic heterocycles. The number of amides is 1. The van der Waals surface area contributed by atoms with Gasteiger partial charge in [-0.25, -0.2) is 13.1 Å². The number of carbonyl (C=O) groups excluding carboxylic acids is 1. The highest BCUT2D eigenvalue weighted by molar-refractivity contribution is 7.89. The summed E-state index contributed by atoms with van der Waals surface area (Å²) in [4.78, 5) is 11.6. The van der Waals surface area contributed by atoms with E-state index in [0.29, 0.717) is 19.7 Å². The lowest BCUT2D eigenvalue weighted by atomic mass is 10.1. The molecule has 0 heterocycles. The van der Waals surface area contributed by atoms with E-state index in [1.165, 1.54) is 19.2 Å². The molecule has 8 heteroatoms. The van der Waals surface area contributed by atoms with Crippen molar-refractivity contribution >= 4 is 15.9 Å². The van der Waals surface area contributed by atoms with Gasteiger partial charge in [0.2, 0.25) is 15.9 Å². The van der Waals surface area contributed by atoms with Crippen molar-refractivity contribution in [1.82, 2.24) is 10.0 Å². The number of methoxy groups -OCH3 is 1. The van der Waals surface area contributed by atoms with Crippen LogP contribution in [0.25, 0.3) is 0 Å². The van der Waals surface area contributed by atoms with Crippen molar-refractivity contribution in [2.24, 2.45) is 5.73 Å². The zero-order valence-electron chi connectivity index (χ0n) is 12.2. The molecule has 0 spiro atoms. The fourth-order valence-corrected chi connectivity index (χ4v) is 2.73. The Morgan fingerprint density at radius 3 is 2.67 bits per heavy atom. The van der Waals surface area contributed by atoms with Gasteiger partial charge in [-0.2, -0.15) is 0 Å². The van der Waals surface area contributed by atoms with E-state index in [1.807, 2.05) is 0 Å². The number of nitrogens with one attached hydrogen (secondary N) is 2. The molecule has 0 atom stereocenters. The van der Waals surface area contributed by atoms with Gasteiger partial charge in [-0.3, -0.25) is 4.79 Å². The van der Waals surface area contributed by atoms with Crippen LogP contribution < -0.4 is 15.8 Å². The summed E-state index contributed by atoms with van der Waals surface area (Å²) in [6.07, 6.45) is 0. The molecule has 0 aliphatic carbocycles. The number of hydrogen-bond acceptors (Lipinski definition) is 5. The van der Waals surface area contributed by atoms with Gasteiger partial charge in [0.1, 0.15) is 0 Å². The van der Waals surface area contributed by atoms with E-state index >= 15 is 0 Å². The number of benzene rings is 1. The van der Waals surface area contributed by atoms with E-state index < -0.39 is 15.9 Å². The van der Waals surface area contributed by atoms with Crippen LogP contribution in [-0.4, -0.2) is 41.1 Å². The number of nitrogens with two attached hydrogens (primary N) is 1. The van der Waals surface area contributed by atoms with Gasteiger partial charge in [0.25, 0.3) is 0 Å². The number of hydrogen-bond donors (Lipinski definition) is 3. The van der Waals surface area contributed by atoms with Crippen LogP contribution in [0, 0.1) is 6.92 Å². The summed E-state index contributed by atoms with van der Waals surface area (Å²) in [6.45, 7) is 2.53. The summed E-state index contributed by atoms with van der Waals surface area (Å²) >= 11 is 0. The van der Waals surface area contributed by atoms with Crippen molar-refractivity contribution in [3.05, 3.63) is 29.3 Å². The molecule has 4 N–H and O–H groups in total. The standard InChI is InChI=1S/C13H21N3O4S/c1-10-7-12(4-3-11(10)8-14)21(18,19)16-9-13(17)15-5-6-20-2/h3-4,7,16H,5-6,8-9,14H2,1-2H3,(H,15,17). The van der Waals surface area contributed by atoms with E-state index in [-0.39, 0.29) is 11.4 Å². The van der Waals surface area contributed by atoms with Crippen molar-refractivity contribution in [2.75, 3.05) is 26.8 Å². The van der Waals surface area contributed by atoms with Gasteiger partial charge in [0.05, 0.1) is 18.0 Å². The van der Waals surface area contributed by atoms with E-state index in [2.05, 4.69) is 10.0 Å². The first kappa shape index (κ1) is 17.6. The van der Waals surface area contributed by atoms with Crippen LogP contribution in [0.4, 0.5) is 0 Å². The highest BCUT2D eigenvalue weighted by Gasteiger charge is 2.16. The fourth-order valence-electron chi connectivity index (χ4n) is 1.66. The van der Waals surface area contributed by atoms with Gasteiger partial charge < -0.3 is 15.8 Å². The lowest BCUT2D eigenvalue weighted by Gasteiger charge is -2.09. The van der Waals surface area contributed by atoms with Gasteiger partial charge in [-0.05, 0) is 30.2 Å². The number of carbonyl (C=O) groups is 1. The molecule has 0 saturated heterocycles. The Morgan fingerprint density at radius 1 is 1.38 bits per heavy atom. The molecule has 118 valence electrons. The summed E-state index contributed by atoms with van der Waals surface area (Å²) in [7, 11) is -2.20. The second-order valence-electron chi connectivity index (χ2n) is 4.46. The van der Waals surface area contributed by atoms with E-state index in [0.717, 1.165) is 11.1 Å². The highest BCUT2D eigenvalue weighted by atomic mass is 32.2. The number of ether oxygens (including phenoxy) is 1. The second kappa shape index (κ2) is 8.08. The van der Waals surface area contributed by atoms with Crippen LogP contribution in [0.1, 0.15) is 11.1 Å². The minimum absolute atomic E-state index is 0.113. The lowest BCUT2D eigenvalue weighted by Crippen LogP contribution is -2.38. The quantitative estimate of drug-likeness (QED) is 0.560. The zero-order chi connectivity index (χ0) is 15.9. The fraction of sp³-hybridized carbons (Fsp3) is 0.462. The molecule has 0 unspecified atom stereocenters. The Kier molecular flexibility index (Phi) is 6.76. The summed E-state index contributed by atoms with van der Waals surface area (Å²) < 4.78 is 31.2. The average molecular weight is 315 g/mol. The Labute approximate surface area is 124 Å². The largest absolute Gasteiger partial charge is 0.383 e. The first-order valence-electron chi connectivity index (χ1n) is 6.45. The summed E-state index contributed by atoms with van der Waals surface area (Å²) in [5.41, 5.74) is 7.21. The van der Waals surface area contributed by atoms with E-state index in [4.69, 9.17) is 10.5 Å². The Hall–Kier alpha value is -1.48. The third kappa shape index (κ3) is 5.43. The molecular weight excluding hydrogens is 294 g/mol. The highest BCUT2D eigenvalue weighted by Crippen LogP contribution is 2.14. The molecule has 0 saturated carbocycles. The van der Waals surface area contributed by atoms with Gasteiger partial charge in [0, 0.05) is 20.2 Å². The topological polar surface area (TPSA) is 111 Å². The van der Waals surface area contributed by atoms with Crippen molar-refractivity contribution in [2.45, 2.75) is 18.4 Å². The predicted octanol–water partition coefficient (Wildman–Crippen LogP) is -0.505. The van der Waals surface area contributed by atoms with Crippen LogP contribution in [0.15, 0.2) is 23.1 Å². The maximum absolute atomic E-state index is 12.1. The van der Waals surface area contributed by atoms with Gasteiger partial charge in [-0.1, -0.05) is 6.07 Å². The molecule has 7 nitrogen and oxygen atoms in total. The van der Waals surface area contributed by atoms with Crippen molar-refractivity contribution in [3.63, 3.8) is 0 Å². The number of sulfonamides is 1. The van der Waals surface area contributed by atoms with Crippen LogP contribution in [0.2, 0.25) is 0 Å². The second-order valence-corrected chi connectivity index (χ2v) is 6.23. The normalized spacial score (nSPS) is 11.4. The van der Waals surface area contributed by atoms with Gasteiger partial charge >= 0.3 is 0 Å². The van der Waals surface area contributed by atoms with Crippen LogP contribution in [0.3, 0.4) is 0 Å². The summed E-state index contributed by atoms with van der Waals surface area (Å²) in [5, 5.41) is 2.53. The summed E-state index contributed by atoms with van der Waals surface area (Å²) in [6, 6.07) is 4.68. The minimum atomic E-state index is -3.72. The molecule has 0 aliphatic rings. The average Bonchev–Trinajstić information content (AvgIpc) is 2.45. The molecule has 1 aromatic rings. The smallest absolute Gasteiger partial charge is 0.241 e. The molecule has 1 rings (SSSR count). The van der Waals surface area contributed by atoms with Gasteiger partial charge in [-0.15, -0.1) is 0 Å². The zero-order valence-corrected chi connectivity index (χ0v) is 13.0. The number of aryl methyl sites for hydroxylation is 1. The molecule has 1 aromatic carbocycles. The molecule has 0 aliphatic heterocycles. The third-order valence-corrected chi connectivity index (χ3v) is 4.29. The van der Waals surface area contributed by atoms with Crippen molar-refractivity contribution in [1.29, 1.82) is 0 Å².